The Bertz CT molecular complexity index is 986. The Morgan fingerprint density at radius 2 is 2.11 bits per heavy atom. The molecule has 1 amide bonds. The fraction of sp³-hybridized carbons (Fsp3) is 0.250. The number of para-hydroxylation sites is 1. The van der Waals surface area contributed by atoms with Gasteiger partial charge in [0.05, 0.1) is 17.8 Å². The Balaban J connectivity index is 1.61. The van der Waals surface area contributed by atoms with Crippen molar-refractivity contribution in [2.45, 2.75) is 6.54 Å². The molecule has 1 aromatic carbocycles. The lowest BCUT2D eigenvalue weighted by molar-refractivity contribution is -0.121. The number of nitrogens with one attached hydrogen (secondary N) is 1. The Morgan fingerprint density at radius 1 is 1.26 bits per heavy atom. The van der Waals surface area contributed by atoms with Gasteiger partial charge in [0.1, 0.15) is 6.54 Å². The molecule has 3 heterocycles. The van der Waals surface area contributed by atoms with Gasteiger partial charge in [0.25, 0.3) is 0 Å². The van der Waals surface area contributed by atoms with Crippen LogP contribution in [0.2, 0.25) is 0 Å². The summed E-state index contributed by atoms with van der Waals surface area (Å²) in [6.45, 7) is 0.857. The van der Waals surface area contributed by atoms with E-state index >= 15 is 0 Å². The Labute approximate surface area is 161 Å². The number of likely N-dealkylation sites (N-methyl/N-ethyl adjacent to an activating group) is 1. The molecule has 0 saturated carbocycles. The lowest BCUT2D eigenvalue weighted by Gasteiger charge is -2.15. The topological polar surface area (TPSA) is 67.2 Å². The van der Waals surface area contributed by atoms with Crippen LogP contribution in [0, 0.1) is 5.92 Å². The fourth-order valence-corrected chi connectivity index (χ4v) is 4.51. The molecular weight excluding hydrogens is 360 g/mol. The summed E-state index contributed by atoms with van der Waals surface area (Å²) in [5, 5.41) is 3.53. The average Bonchev–Trinajstić information content (AvgIpc) is 3.34. The molecular formula is C20H20N4O2S. The Kier molecular flexibility index (Phi) is 4.85. The van der Waals surface area contributed by atoms with Crippen molar-refractivity contribution >= 4 is 40.2 Å². The minimum Gasteiger partial charge on any atom is -0.358 e. The number of benzene rings is 1. The third kappa shape index (κ3) is 3.42. The summed E-state index contributed by atoms with van der Waals surface area (Å²) in [4.78, 5) is 29.2. The highest BCUT2D eigenvalue weighted by Gasteiger charge is 2.32. The SMILES string of the molecule is CNC(=O)Cn1cc(C(=O)C2CSN(c3cccnc3)C2)c2ccccc21. The van der Waals surface area contributed by atoms with Gasteiger partial charge in [-0.3, -0.25) is 14.6 Å². The van der Waals surface area contributed by atoms with Crippen LogP contribution in [-0.4, -0.2) is 40.6 Å². The van der Waals surface area contributed by atoms with Gasteiger partial charge in [-0.1, -0.05) is 18.2 Å². The molecule has 0 aliphatic carbocycles. The molecule has 7 heteroatoms. The minimum absolute atomic E-state index is 0.0885. The van der Waals surface area contributed by atoms with E-state index < -0.39 is 0 Å². The number of nitrogens with zero attached hydrogens (tertiary/aromatic N) is 3. The van der Waals surface area contributed by atoms with Crippen molar-refractivity contribution < 1.29 is 9.59 Å². The molecule has 6 nitrogen and oxygen atoms in total. The van der Waals surface area contributed by atoms with E-state index in [1.54, 1.807) is 25.2 Å². The molecule has 4 rings (SSSR count). The molecule has 2 aromatic heterocycles. The zero-order valence-electron chi connectivity index (χ0n) is 15.0. The van der Waals surface area contributed by atoms with Crippen molar-refractivity contribution in [3.63, 3.8) is 0 Å². The van der Waals surface area contributed by atoms with Crippen LogP contribution in [-0.2, 0) is 11.3 Å². The number of carbonyl (C=O) groups is 2. The van der Waals surface area contributed by atoms with Crippen LogP contribution < -0.4 is 9.62 Å². The summed E-state index contributed by atoms with van der Waals surface area (Å²) in [5.41, 5.74) is 2.60. The number of anilines is 1. The number of hydrogen-bond donors (Lipinski definition) is 1. The van der Waals surface area contributed by atoms with Gasteiger partial charge < -0.3 is 14.2 Å². The van der Waals surface area contributed by atoms with Gasteiger partial charge in [0.15, 0.2) is 5.78 Å². The van der Waals surface area contributed by atoms with Crippen molar-refractivity contribution in [1.82, 2.24) is 14.9 Å². The van der Waals surface area contributed by atoms with E-state index in [9.17, 15) is 9.59 Å². The van der Waals surface area contributed by atoms with Gasteiger partial charge in [-0.25, -0.2) is 0 Å². The van der Waals surface area contributed by atoms with E-state index in [0.29, 0.717) is 12.1 Å². The molecule has 0 bridgehead atoms. The summed E-state index contributed by atoms with van der Waals surface area (Å²) < 4.78 is 3.97. The maximum Gasteiger partial charge on any atom is 0.239 e. The highest BCUT2D eigenvalue weighted by Crippen LogP contribution is 2.34. The molecule has 1 fully saturated rings. The second-order valence-electron chi connectivity index (χ2n) is 6.49. The minimum atomic E-state index is -0.0890. The van der Waals surface area contributed by atoms with Crippen molar-refractivity contribution in [3.8, 4) is 0 Å². The fourth-order valence-electron chi connectivity index (χ4n) is 3.35. The number of rotatable bonds is 5. The van der Waals surface area contributed by atoms with Gasteiger partial charge in [0, 0.05) is 48.2 Å². The largest absolute Gasteiger partial charge is 0.358 e. The van der Waals surface area contributed by atoms with Crippen LogP contribution in [0.3, 0.4) is 0 Å². The first-order valence-electron chi connectivity index (χ1n) is 8.80. The van der Waals surface area contributed by atoms with Gasteiger partial charge >= 0.3 is 0 Å². The van der Waals surface area contributed by atoms with Crippen LogP contribution in [0.15, 0.2) is 55.0 Å². The molecule has 1 aliphatic heterocycles. The number of fused-ring (bicyclic) bond motifs is 1. The number of hydrogen-bond acceptors (Lipinski definition) is 5. The quantitative estimate of drug-likeness (QED) is 0.545. The Morgan fingerprint density at radius 3 is 2.89 bits per heavy atom. The molecule has 1 aliphatic rings. The molecule has 0 spiro atoms. The predicted octanol–water partition coefficient (Wildman–Crippen LogP) is 2.75. The normalized spacial score (nSPS) is 16.6. The first kappa shape index (κ1) is 17.6. The lowest BCUT2D eigenvalue weighted by atomic mass is 9.98. The predicted molar refractivity (Wildman–Crippen MR) is 108 cm³/mol. The summed E-state index contributed by atoms with van der Waals surface area (Å²) in [6.07, 6.45) is 5.38. The maximum absolute atomic E-state index is 13.2. The van der Waals surface area contributed by atoms with E-state index in [1.165, 1.54) is 0 Å². The van der Waals surface area contributed by atoms with Crippen molar-refractivity contribution in [2.24, 2.45) is 5.92 Å². The molecule has 0 radical (unpaired) electrons. The zero-order valence-corrected chi connectivity index (χ0v) is 15.8. The lowest BCUT2D eigenvalue weighted by Crippen LogP contribution is -2.23. The molecule has 3 aromatic rings. The summed E-state index contributed by atoms with van der Waals surface area (Å²) in [6, 6.07) is 11.6. The second-order valence-corrected chi connectivity index (χ2v) is 7.52. The van der Waals surface area contributed by atoms with E-state index in [4.69, 9.17) is 0 Å². The van der Waals surface area contributed by atoms with Gasteiger partial charge in [-0.05, 0) is 30.1 Å². The number of Topliss-reactive ketones (excluding diaryl/α,β-unsaturated/α-hetero) is 1. The van der Waals surface area contributed by atoms with Crippen LogP contribution in [0.5, 0.6) is 0 Å². The Hall–Kier alpha value is -2.80. The highest BCUT2D eigenvalue weighted by molar-refractivity contribution is 8.00. The number of amides is 1. The molecule has 27 heavy (non-hydrogen) atoms. The number of aromatic nitrogens is 2. The molecule has 1 atom stereocenters. The first-order valence-corrected chi connectivity index (χ1v) is 9.75. The third-order valence-corrected chi connectivity index (χ3v) is 5.99. The van der Waals surface area contributed by atoms with E-state index in [2.05, 4.69) is 14.6 Å². The van der Waals surface area contributed by atoms with Gasteiger partial charge in [0.2, 0.25) is 5.91 Å². The average molecular weight is 380 g/mol. The molecule has 1 N–H and O–H groups in total. The standard InChI is InChI=1S/C20H20N4O2S/c1-21-19(25)12-23-11-17(16-6-2-3-7-18(16)23)20(26)14-10-24(27-13-14)15-5-4-8-22-9-15/h2-9,11,14H,10,12-13H2,1H3,(H,21,25). The van der Waals surface area contributed by atoms with Crippen molar-refractivity contribution in [1.29, 1.82) is 0 Å². The number of ketones is 1. The molecule has 138 valence electrons. The second kappa shape index (κ2) is 7.44. The third-order valence-electron chi connectivity index (χ3n) is 4.77. The highest BCUT2D eigenvalue weighted by atomic mass is 32.2. The van der Waals surface area contributed by atoms with Crippen LogP contribution >= 0.6 is 11.9 Å². The van der Waals surface area contributed by atoms with E-state index in [0.717, 1.165) is 22.3 Å². The summed E-state index contributed by atoms with van der Waals surface area (Å²) >= 11 is 1.65. The van der Waals surface area contributed by atoms with Gasteiger partial charge in [-0.2, -0.15) is 0 Å². The molecule has 1 unspecified atom stereocenters. The number of pyridine rings is 1. The zero-order chi connectivity index (χ0) is 18.8. The van der Waals surface area contributed by atoms with Crippen LogP contribution in [0.1, 0.15) is 10.4 Å². The molecule has 1 saturated heterocycles. The monoisotopic (exact) mass is 380 g/mol. The summed E-state index contributed by atoms with van der Waals surface area (Å²) in [5.74, 6) is 0.687. The van der Waals surface area contributed by atoms with Crippen LogP contribution in [0.4, 0.5) is 5.69 Å². The van der Waals surface area contributed by atoms with Crippen LogP contribution in [0.25, 0.3) is 10.9 Å². The van der Waals surface area contributed by atoms with Crippen molar-refractivity contribution in [3.05, 3.63) is 60.6 Å². The smallest absolute Gasteiger partial charge is 0.239 e. The first-order chi connectivity index (χ1) is 13.2. The van der Waals surface area contributed by atoms with Gasteiger partial charge in [-0.15, -0.1) is 0 Å². The van der Waals surface area contributed by atoms with E-state index in [-0.39, 0.29) is 24.2 Å². The van der Waals surface area contributed by atoms with Crippen molar-refractivity contribution in [2.75, 3.05) is 23.7 Å². The summed E-state index contributed by atoms with van der Waals surface area (Å²) in [7, 11) is 1.61. The maximum atomic E-state index is 13.2. The van der Waals surface area contributed by atoms with E-state index in [1.807, 2.05) is 53.4 Å². The number of carbonyl (C=O) groups excluding carboxylic acids is 2.